The molecule has 1 heterocycles. The van der Waals surface area contributed by atoms with Crippen molar-refractivity contribution in [2.75, 3.05) is 19.0 Å². The van der Waals surface area contributed by atoms with Gasteiger partial charge in [0.05, 0.1) is 9.26 Å². The van der Waals surface area contributed by atoms with E-state index in [1.165, 1.54) is 0 Å². The zero-order valence-electron chi connectivity index (χ0n) is 12.7. The summed E-state index contributed by atoms with van der Waals surface area (Å²) >= 11 is 2.30. The first kappa shape index (κ1) is 16.6. The number of rotatable bonds is 5. The van der Waals surface area contributed by atoms with Crippen LogP contribution in [0.5, 0.6) is 0 Å². The van der Waals surface area contributed by atoms with E-state index in [-0.39, 0.29) is 11.5 Å². The van der Waals surface area contributed by atoms with Crippen molar-refractivity contribution in [1.82, 2.24) is 9.97 Å². The van der Waals surface area contributed by atoms with Crippen LogP contribution in [0.15, 0.2) is 0 Å². The summed E-state index contributed by atoms with van der Waals surface area (Å²) in [5.41, 5.74) is 1.04. The van der Waals surface area contributed by atoms with Crippen LogP contribution in [0.3, 0.4) is 0 Å². The maximum Gasteiger partial charge on any atom is 0.160 e. The van der Waals surface area contributed by atoms with Gasteiger partial charge in [-0.25, -0.2) is 9.97 Å². The summed E-state index contributed by atoms with van der Waals surface area (Å²) in [5, 5.41) is 3.14. The molecule has 1 unspecified atom stereocenters. The third-order valence-corrected chi connectivity index (χ3v) is 4.00. The van der Waals surface area contributed by atoms with E-state index >= 15 is 0 Å². The SMILES string of the molecule is CCOC(c1nc(CC)c(I)c(NC)n1)C(C)(C)C. The van der Waals surface area contributed by atoms with Crippen molar-refractivity contribution in [3.63, 3.8) is 0 Å². The lowest BCUT2D eigenvalue weighted by atomic mass is 9.88. The molecule has 1 aromatic heterocycles. The Morgan fingerprint density at radius 1 is 1.26 bits per heavy atom. The zero-order chi connectivity index (χ0) is 14.6. The van der Waals surface area contributed by atoms with Crippen molar-refractivity contribution in [3.8, 4) is 0 Å². The molecule has 0 aliphatic carbocycles. The standard InChI is InChI=1S/C14H24IN3O/c1-7-9-10(15)12(16-6)18-13(17-9)11(19-8-2)14(3,4)5/h11H,7-8H2,1-6H3,(H,16,17,18). The average Bonchev–Trinajstić information content (AvgIpc) is 2.35. The zero-order valence-corrected chi connectivity index (χ0v) is 14.8. The summed E-state index contributed by atoms with van der Waals surface area (Å²) in [4.78, 5) is 9.33. The fourth-order valence-corrected chi connectivity index (χ4v) is 2.80. The summed E-state index contributed by atoms with van der Waals surface area (Å²) in [6.07, 6.45) is 0.803. The van der Waals surface area contributed by atoms with Crippen LogP contribution in [0, 0.1) is 8.99 Å². The highest BCUT2D eigenvalue weighted by molar-refractivity contribution is 14.1. The Balaban J connectivity index is 3.31. The molecule has 0 bridgehead atoms. The molecule has 1 N–H and O–H groups in total. The molecule has 0 saturated heterocycles. The van der Waals surface area contributed by atoms with E-state index in [0.29, 0.717) is 6.61 Å². The third kappa shape index (κ3) is 4.02. The number of aromatic nitrogens is 2. The van der Waals surface area contributed by atoms with Crippen LogP contribution >= 0.6 is 22.6 Å². The number of nitrogens with one attached hydrogen (secondary N) is 1. The van der Waals surface area contributed by atoms with E-state index in [1.807, 2.05) is 14.0 Å². The van der Waals surface area contributed by atoms with Gasteiger partial charge in [-0.3, -0.25) is 0 Å². The molecule has 0 aromatic carbocycles. The largest absolute Gasteiger partial charge is 0.372 e. The van der Waals surface area contributed by atoms with Gasteiger partial charge in [0.25, 0.3) is 0 Å². The van der Waals surface area contributed by atoms with E-state index in [1.54, 1.807) is 0 Å². The normalized spacial score (nSPS) is 13.4. The van der Waals surface area contributed by atoms with Crippen LogP contribution < -0.4 is 5.32 Å². The molecular weight excluding hydrogens is 353 g/mol. The topological polar surface area (TPSA) is 47.0 Å². The summed E-state index contributed by atoms with van der Waals surface area (Å²) in [6.45, 7) is 11.2. The van der Waals surface area contributed by atoms with E-state index in [4.69, 9.17) is 9.72 Å². The maximum absolute atomic E-state index is 5.88. The Morgan fingerprint density at radius 2 is 1.89 bits per heavy atom. The van der Waals surface area contributed by atoms with Crippen LogP contribution in [0.25, 0.3) is 0 Å². The van der Waals surface area contributed by atoms with Gasteiger partial charge in [0.2, 0.25) is 0 Å². The van der Waals surface area contributed by atoms with Gasteiger partial charge in [-0.05, 0) is 41.4 Å². The van der Waals surface area contributed by atoms with Gasteiger partial charge in [-0.1, -0.05) is 27.7 Å². The summed E-state index contributed by atoms with van der Waals surface area (Å²) in [5.74, 6) is 1.66. The van der Waals surface area contributed by atoms with Crippen LogP contribution in [-0.2, 0) is 11.2 Å². The molecular formula is C14H24IN3O. The first-order valence-corrected chi connectivity index (χ1v) is 7.78. The summed E-state index contributed by atoms with van der Waals surface area (Å²) in [6, 6.07) is 0. The Kier molecular flexibility index (Phi) is 5.98. The van der Waals surface area contributed by atoms with E-state index < -0.39 is 0 Å². The molecule has 108 valence electrons. The van der Waals surface area contributed by atoms with Gasteiger partial charge in [0.15, 0.2) is 5.82 Å². The highest BCUT2D eigenvalue weighted by Crippen LogP contribution is 2.35. The fraction of sp³-hybridized carbons (Fsp3) is 0.714. The van der Waals surface area contributed by atoms with Crippen molar-refractivity contribution in [2.45, 2.75) is 47.1 Å². The van der Waals surface area contributed by atoms with Gasteiger partial charge >= 0.3 is 0 Å². The van der Waals surface area contributed by atoms with Crippen LogP contribution in [0.1, 0.15) is 52.2 Å². The smallest absolute Gasteiger partial charge is 0.160 e. The van der Waals surface area contributed by atoms with Crippen molar-refractivity contribution < 1.29 is 4.74 Å². The molecule has 0 aliphatic heterocycles. The molecule has 0 saturated carbocycles. The molecule has 1 aromatic rings. The molecule has 5 heteroatoms. The Bertz CT molecular complexity index is 404. The van der Waals surface area contributed by atoms with Crippen LogP contribution in [0.2, 0.25) is 0 Å². The number of aryl methyl sites for hydroxylation is 1. The molecule has 0 amide bonds. The number of hydrogen-bond acceptors (Lipinski definition) is 4. The third-order valence-electron chi connectivity index (χ3n) is 2.86. The van der Waals surface area contributed by atoms with Crippen molar-refractivity contribution >= 4 is 28.4 Å². The Labute approximate surface area is 129 Å². The second-order valence-corrected chi connectivity index (χ2v) is 6.57. The quantitative estimate of drug-likeness (QED) is 0.793. The lowest BCUT2D eigenvalue weighted by Crippen LogP contribution is -2.24. The predicted octanol–water partition coefficient (Wildman–Crippen LogP) is 3.81. The highest BCUT2D eigenvalue weighted by atomic mass is 127. The predicted molar refractivity (Wildman–Crippen MR) is 87.5 cm³/mol. The van der Waals surface area contributed by atoms with Gasteiger partial charge in [-0.15, -0.1) is 0 Å². The molecule has 0 fully saturated rings. The van der Waals surface area contributed by atoms with Crippen molar-refractivity contribution in [3.05, 3.63) is 15.1 Å². The number of ether oxygens (including phenoxy) is 1. The summed E-state index contributed by atoms with van der Waals surface area (Å²) in [7, 11) is 1.89. The van der Waals surface area contributed by atoms with Crippen LogP contribution in [-0.4, -0.2) is 23.6 Å². The second-order valence-electron chi connectivity index (χ2n) is 5.50. The molecule has 4 nitrogen and oxygen atoms in total. The van der Waals surface area contributed by atoms with E-state index in [0.717, 1.165) is 27.3 Å². The Morgan fingerprint density at radius 3 is 2.32 bits per heavy atom. The average molecular weight is 377 g/mol. The number of hydrogen-bond donors (Lipinski definition) is 1. The van der Waals surface area contributed by atoms with Crippen LogP contribution in [0.4, 0.5) is 5.82 Å². The molecule has 0 spiro atoms. The van der Waals surface area contributed by atoms with Crippen molar-refractivity contribution in [2.24, 2.45) is 5.41 Å². The number of halogens is 1. The number of nitrogens with zero attached hydrogens (tertiary/aromatic N) is 2. The summed E-state index contributed by atoms with van der Waals surface area (Å²) < 4.78 is 6.97. The maximum atomic E-state index is 5.88. The fourth-order valence-electron chi connectivity index (χ4n) is 1.91. The van der Waals surface area contributed by atoms with E-state index in [2.05, 4.69) is 60.6 Å². The lowest BCUT2D eigenvalue weighted by Gasteiger charge is -2.29. The minimum absolute atomic E-state index is 0.0289. The lowest BCUT2D eigenvalue weighted by molar-refractivity contribution is -0.0191. The minimum atomic E-state index is -0.0908. The first-order valence-electron chi connectivity index (χ1n) is 6.70. The van der Waals surface area contributed by atoms with Gasteiger partial charge < -0.3 is 10.1 Å². The molecule has 1 atom stereocenters. The molecule has 1 rings (SSSR count). The highest BCUT2D eigenvalue weighted by Gasteiger charge is 2.30. The first-order chi connectivity index (χ1) is 8.85. The Hall–Kier alpha value is -0.430. The van der Waals surface area contributed by atoms with Crippen molar-refractivity contribution in [1.29, 1.82) is 0 Å². The molecule has 0 radical (unpaired) electrons. The van der Waals surface area contributed by atoms with E-state index in [9.17, 15) is 0 Å². The minimum Gasteiger partial charge on any atom is -0.372 e. The monoisotopic (exact) mass is 377 g/mol. The van der Waals surface area contributed by atoms with Gasteiger partial charge in [-0.2, -0.15) is 0 Å². The second kappa shape index (κ2) is 6.83. The number of anilines is 1. The van der Waals surface area contributed by atoms with Gasteiger partial charge in [0, 0.05) is 13.7 Å². The van der Waals surface area contributed by atoms with Gasteiger partial charge in [0.1, 0.15) is 11.9 Å². The molecule has 19 heavy (non-hydrogen) atoms. The molecule has 0 aliphatic rings.